The minimum absolute atomic E-state index is 0.0183. The third-order valence-electron chi connectivity index (χ3n) is 10.7. The Labute approximate surface area is 334 Å². The molecule has 8 aromatic rings. The molecule has 0 heterocycles. The fourth-order valence-electron chi connectivity index (χ4n) is 7.84. The fourth-order valence-corrected chi connectivity index (χ4v) is 8.27. The summed E-state index contributed by atoms with van der Waals surface area (Å²) in [5.41, 5.74) is 15.7. The van der Waals surface area contributed by atoms with Crippen LogP contribution in [-0.4, -0.2) is 0 Å². The summed E-state index contributed by atoms with van der Waals surface area (Å²) in [6, 6.07) is 74.4. The first kappa shape index (κ1) is 37.1. The van der Waals surface area contributed by atoms with Gasteiger partial charge in [-0.3, -0.25) is 10.6 Å². The maximum Gasteiger partial charge on any atom is 0.0844 e. The van der Waals surface area contributed by atoms with Crippen LogP contribution in [0.3, 0.4) is 0 Å². The molecule has 2 N–H and O–H groups in total. The Morgan fingerprint density at radius 2 is 0.714 bits per heavy atom. The molecule has 0 spiro atoms. The molecule has 4 atom stereocenters. The van der Waals surface area contributed by atoms with Crippen molar-refractivity contribution >= 4 is 14.5 Å². The number of hydrogen-bond acceptors (Lipinski definition) is 2. The second-order valence-electron chi connectivity index (χ2n) is 14.5. The molecule has 4 unspecified atom stereocenters. The predicted octanol–water partition coefficient (Wildman–Crippen LogP) is 13.2. The highest BCUT2D eigenvalue weighted by Crippen LogP contribution is 2.43. The maximum absolute atomic E-state index is 4.04. The van der Waals surface area contributed by atoms with Gasteiger partial charge in [0.2, 0.25) is 0 Å². The van der Waals surface area contributed by atoms with Crippen LogP contribution >= 0.6 is 9.24 Å². The standard InChI is InChI=1S/C53H47N2P/c1-37(39-20-8-3-9-21-39)54-53(43-28-16-7-17-29-43)55-38(2)44-34-45(36-46(35-44)52-49(32-19-33-50(52)56)42-26-14-6-15-27-42)51-47(40-22-10-4-11-23-40)30-18-31-48(51)41-24-12-5-13-25-41/h3-38,53-55H,56H2,1-2H3. The van der Waals surface area contributed by atoms with Crippen molar-refractivity contribution in [3.63, 3.8) is 0 Å². The highest BCUT2D eigenvalue weighted by molar-refractivity contribution is 7.28. The molecule has 0 bridgehead atoms. The van der Waals surface area contributed by atoms with E-state index in [1.165, 1.54) is 72.3 Å². The SMILES string of the molecule is CC(NC(NC(C)c1cc(-c2c(P)cccc2-c2ccccc2)cc(-c2c(-c3ccccc3)cccc2-c2ccccc2)c1)c1ccccc1)c1ccccc1. The van der Waals surface area contributed by atoms with Gasteiger partial charge in [-0.05, 0) is 110 Å². The average Bonchev–Trinajstić information content (AvgIpc) is 3.27. The molecule has 8 rings (SSSR count). The minimum atomic E-state index is -0.0982. The van der Waals surface area contributed by atoms with E-state index in [-0.39, 0.29) is 18.2 Å². The summed E-state index contributed by atoms with van der Waals surface area (Å²) < 4.78 is 0. The van der Waals surface area contributed by atoms with Crippen LogP contribution in [0.15, 0.2) is 206 Å². The number of nitrogens with one attached hydrogen (secondary N) is 2. The number of hydrogen-bond donors (Lipinski definition) is 2. The third kappa shape index (κ3) is 8.20. The van der Waals surface area contributed by atoms with Gasteiger partial charge in [0.05, 0.1) is 6.17 Å². The molecule has 0 aliphatic carbocycles. The van der Waals surface area contributed by atoms with Crippen LogP contribution in [0.4, 0.5) is 0 Å². The molecule has 0 aliphatic heterocycles. The largest absolute Gasteiger partial charge is 0.291 e. The van der Waals surface area contributed by atoms with Crippen molar-refractivity contribution in [3.8, 4) is 55.6 Å². The molecule has 0 saturated carbocycles. The highest BCUT2D eigenvalue weighted by Gasteiger charge is 2.22. The van der Waals surface area contributed by atoms with E-state index >= 15 is 0 Å². The van der Waals surface area contributed by atoms with Crippen molar-refractivity contribution in [2.45, 2.75) is 32.1 Å². The van der Waals surface area contributed by atoms with Gasteiger partial charge in [-0.1, -0.05) is 188 Å². The monoisotopic (exact) mass is 742 g/mol. The van der Waals surface area contributed by atoms with Gasteiger partial charge in [0, 0.05) is 12.1 Å². The van der Waals surface area contributed by atoms with E-state index < -0.39 is 0 Å². The topological polar surface area (TPSA) is 24.1 Å². The Bertz CT molecular complexity index is 2440. The van der Waals surface area contributed by atoms with Gasteiger partial charge >= 0.3 is 0 Å². The smallest absolute Gasteiger partial charge is 0.0844 e. The lowest BCUT2D eigenvalue weighted by Crippen LogP contribution is -2.37. The molecule has 0 saturated heterocycles. The molecule has 56 heavy (non-hydrogen) atoms. The summed E-state index contributed by atoms with van der Waals surface area (Å²) in [4.78, 5) is 0. The van der Waals surface area contributed by atoms with Crippen molar-refractivity contribution in [2.24, 2.45) is 0 Å². The Balaban J connectivity index is 1.33. The van der Waals surface area contributed by atoms with Gasteiger partial charge in [0.1, 0.15) is 0 Å². The van der Waals surface area contributed by atoms with E-state index in [1.807, 2.05) is 0 Å². The molecule has 0 amide bonds. The molecule has 0 fully saturated rings. The Kier molecular flexibility index (Phi) is 11.4. The van der Waals surface area contributed by atoms with Gasteiger partial charge in [-0.2, -0.15) is 0 Å². The van der Waals surface area contributed by atoms with Crippen LogP contribution in [0.2, 0.25) is 0 Å². The van der Waals surface area contributed by atoms with Crippen LogP contribution in [0, 0.1) is 0 Å². The Morgan fingerprint density at radius 3 is 1.20 bits per heavy atom. The molecular weight excluding hydrogens is 696 g/mol. The summed E-state index contributed by atoms with van der Waals surface area (Å²) in [6.45, 7) is 4.53. The fraction of sp³-hybridized carbons (Fsp3) is 0.0943. The van der Waals surface area contributed by atoms with Crippen LogP contribution in [-0.2, 0) is 0 Å². The summed E-state index contributed by atoms with van der Waals surface area (Å²) in [5, 5.41) is 9.14. The second-order valence-corrected chi connectivity index (χ2v) is 15.1. The zero-order valence-electron chi connectivity index (χ0n) is 31.9. The third-order valence-corrected chi connectivity index (χ3v) is 11.2. The van der Waals surface area contributed by atoms with Crippen molar-refractivity contribution in [3.05, 3.63) is 223 Å². The molecule has 0 aromatic heterocycles. The van der Waals surface area contributed by atoms with Crippen molar-refractivity contribution in [1.29, 1.82) is 0 Å². The Morgan fingerprint density at radius 1 is 0.339 bits per heavy atom. The highest BCUT2D eigenvalue weighted by atomic mass is 31.0. The van der Waals surface area contributed by atoms with Crippen molar-refractivity contribution in [1.82, 2.24) is 10.6 Å². The first-order chi connectivity index (χ1) is 27.5. The van der Waals surface area contributed by atoms with E-state index in [0.717, 1.165) is 5.30 Å². The predicted molar refractivity (Wildman–Crippen MR) is 242 cm³/mol. The molecular formula is C53H47N2P. The summed E-state index contributed by atoms with van der Waals surface area (Å²) in [6.07, 6.45) is -0.0982. The van der Waals surface area contributed by atoms with Crippen LogP contribution in [0.1, 0.15) is 48.8 Å². The molecule has 274 valence electrons. The average molecular weight is 743 g/mol. The van der Waals surface area contributed by atoms with E-state index in [2.05, 4.69) is 240 Å². The molecule has 3 heteroatoms. The van der Waals surface area contributed by atoms with Crippen LogP contribution in [0.5, 0.6) is 0 Å². The van der Waals surface area contributed by atoms with E-state index in [4.69, 9.17) is 0 Å². The van der Waals surface area contributed by atoms with Gasteiger partial charge in [0.25, 0.3) is 0 Å². The summed E-state index contributed by atoms with van der Waals surface area (Å²) in [5.74, 6) is 0. The van der Waals surface area contributed by atoms with Crippen LogP contribution < -0.4 is 15.9 Å². The van der Waals surface area contributed by atoms with E-state index in [0.29, 0.717) is 0 Å². The van der Waals surface area contributed by atoms with Gasteiger partial charge < -0.3 is 0 Å². The normalized spacial score (nSPS) is 12.8. The zero-order valence-corrected chi connectivity index (χ0v) is 33.1. The lowest BCUT2D eigenvalue weighted by atomic mass is 9.84. The number of benzene rings is 8. The van der Waals surface area contributed by atoms with Gasteiger partial charge in [-0.15, -0.1) is 9.24 Å². The van der Waals surface area contributed by atoms with Crippen LogP contribution in [0.25, 0.3) is 55.6 Å². The molecule has 8 aromatic carbocycles. The zero-order chi connectivity index (χ0) is 38.3. The van der Waals surface area contributed by atoms with Crippen molar-refractivity contribution < 1.29 is 0 Å². The Hall–Kier alpha value is -5.89. The first-order valence-electron chi connectivity index (χ1n) is 19.5. The lowest BCUT2D eigenvalue weighted by Gasteiger charge is -2.29. The molecule has 0 aliphatic rings. The summed E-state index contributed by atoms with van der Waals surface area (Å²) in [7, 11) is 3.03. The van der Waals surface area contributed by atoms with Gasteiger partial charge in [-0.25, -0.2) is 0 Å². The quantitative estimate of drug-likeness (QED) is 0.0962. The molecule has 0 radical (unpaired) electrons. The molecule has 2 nitrogen and oxygen atoms in total. The van der Waals surface area contributed by atoms with Gasteiger partial charge in [0.15, 0.2) is 0 Å². The summed E-state index contributed by atoms with van der Waals surface area (Å²) >= 11 is 0. The second kappa shape index (κ2) is 17.3. The van der Waals surface area contributed by atoms with Crippen molar-refractivity contribution in [2.75, 3.05) is 0 Å². The first-order valence-corrected chi connectivity index (χ1v) is 20.1. The number of rotatable bonds is 12. The minimum Gasteiger partial charge on any atom is -0.291 e. The maximum atomic E-state index is 4.04. The van der Waals surface area contributed by atoms with E-state index in [1.54, 1.807) is 0 Å². The lowest BCUT2D eigenvalue weighted by molar-refractivity contribution is 0.363. The van der Waals surface area contributed by atoms with E-state index in [9.17, 15) is 0 Å².